The highest BCUT2D eigenvalue weighted by Gasteiger charge is 2.32. The Morgan fingerprint density at radius 2 is 1.76 bits per heavy atom. The van der Waals surface area contributed by atoms with Crippen molar-refractivity contribution in [2.24, 2.45) is 0 Å². The van der Waals surface area contributed by atoms with E-state index in [1.807, 2.05) is 0 Å². The number of Topliss-reactive ketones (excluding diaryl/α,β-unsaturated/α-hetero) is 1. The average Bonchev–Trinajstić information content (AvgIpc) is 2.35. The van der Waals surface area contributed by atoms with Gasteiger partial charge in [-0.1, -0.05) is 19.3 Å². The van der Waals surface area contributed by atoms with E-state index in [4.69, 9.17) is 9.84 Å². The minimum absolute atomic E-state index is 0.275. The fourth-order valence-electron chi connectivity index (χ4n) is 2.31. The second kappa shape index (κ2) is 7.43. The SMILES string of the molecule is CC(C)(C)OC(=O)N[C@@H](CC(=O)O)C(=O)[C]1CCCCC1. The van der Waals surface area contributed by atoms with Crippen LogP contribution in [0, 0.1) is 5.92 Å². The molecule has 0 saturated heterocycles. The number of nitrogens with one attached hydrogen (secondary N) is 1. The molecule has 0 aromatic carbocycles. The van der Waals surface area contributed by atoms with Crippen LogP contribution in [-0.2, 0) is 14.3 Å². The zero-order valence-corrected chi connectivity index (χ0v) is 12.9. The molecule has 0 unspecified atom stereocenters. The molecule has 1 fully saturated rings. The first kappa shape index (κ1) is 17.5. The Balaban J connectivity index is 2.68. The number of hydrogen-bond donors (Lipinski definition) is 2. The molecular formula is C15H24NO5. The van der Waals surface area contributed by atoms with Gasteiger partial charge >= 0.3 is 12.1 Å². The van der Waals surface area contributed by atoms with Gasteiger partial charge < -0.3 is 15.2 Å². The van der Waals surface area contributed by atoms with Gasteiger partial charge in [0.05, 0.1) is 6.42 Å². The molecule has 0 aliphatic heterocycles. The predicted octanol–water partition coefficient (Wildman–Crippen LogP) is 2.46. The monoisotopic (exact) mass is 298 g/mol. The lowest BCUT2D eigenvalue weighted by atomic mass is 9.83. The highest BCUT2D eigenvalue weighted by atomic mass is 16.6. The molecule has 0 bridgehead atoms. The number of amides is 1. The molecule has 6 nitrogen and oxygen atoms in total. The van der Waals surface area contributed by atoms with E-state index in [1.165, 1.54) is 0 Å². The lowest BCUT2D eigenvalue weighted by Gasteiger charge is -2.26. The number of carboxylic acid groups (broad SMARTS) is 1. The molecule has 1 aliphatic rings. The third kappa shape index (κ3) is 6.60. The van der Waals surface area contributed by atoms with Crippen LogP contribution in [0.15, 0.2) is 0 Å². The van der Waals surface area contributed by atoms with E-state index in [9.17, 15) is 14.4 Å². The molecule has 0 aromatic rings. The number of ketones is 1. The molecule has 0 spiro atoms. The third-order valence-corrected chi connectivity index (χ3v) is 3.19. The molecule has 2 N–H and O–H groups in total. The number of carbonyl (C=O) groups is 3. The second-order valence-corrected chi connectivity index (χ2v) is 6.33. The van der Waals surface area contributed by atoms with E-state index >= 15 is 0 Å². The summed E-state index contributed by atoms with van der Waals surface area (Å²) in [6.07, 6.45) is 3.14. The van der Waals surface area contributed by atoms with Crippen molar-refractivity contribution in [2.45, 2.75) is 70.9 Å². The van der Waals surface area contributed by atoms with Crippen LogP contribution in [0.5, 0.6) is 0 Å². The van der Waals surface area contributed by atoms with Gasteiger partial charge in [-0.3, -0.25) is 9.59 Å². The first-order chi connectivity index (χ1) is 9.69. The number of carbonyl (C=O) groups excluding carboxylic acids is 2. The topological polar surface area (TPSA) is 92.7 Å². The van der Waals surface area contributed by atoms with Gasteiger partial charge in [0.1, 0.15) is 11.6 Å². The maximum Gasteiger partial charge on any atom is 0.408 e. The van der Waals surface area contributed by atoms with E-state index in [0.29, 0.717) is 12.8 Å². The number of ether oxygens (including phenoxy) is 1. The Morgan fingerprint density at radius 1 is 1.19 bits per heavy atom. The molecule has 1 rings (SSSR count). The zero-order chi connectivity index (χ0) is 16.0. The number of carboxylic acids is 1. The Hall–Kier alpha value is -1.59. The number of alkyl carbamates (subject to hydrolysis) is 1. The molecule has 1 radical (unpaired) electrons. The van der Waals surface area contributed by atoms with E-state index in [0.717, 1.165) is 25.2 Å². The maximum atomic E-state index is 12.4. The summed E-state index contributed by atoms with van der Waals surface area (Å²) in [7, 11) is 0. The minimum atomic E-state index is -1.12. The summed E-state index contributed by atoms with van der Waals surface area (Å²) in [5, 5.41) is 11.3. The van der Waals surface area contributed by atoms with Gasteiger partial charge in [-0.25, -0.2) is 4.79 Å². The Kier molecular flexibility index (Phi) is 6.18. The minimum Gasteiger partial charge on any atom is -0.481 e. The Bertz CT molecular complexity index is 393. The lowest BCUT2D eigenvalue weighted by Crippen LogP contribution is -2.46. The van der Waals surface area contributed by atoms with E-state index < -0.39 is 30.1 Å². The molecule has 0 heterocycles. The summed E-state index contributed by atoms with van der Waals surface area (Å²) in [5.41, 5.74) is -0.696. The summed E-state index contributed by atoms with van der Waals surface area (Å²) >= 11 is 0. The molecular weight excluding hydrogens is 274 g/mol. The van der Waals surface area contributed by atoms with Crippen molar-refractivity contribution in [3.63, 3.8) is 0 Å². The smallest absolute Gasteiger partial charge is 0.408 e. The number of hydrogen-bond acceptors (Lipinski definition) is 4. The zero-order valence-electron chi connectivity index (χ0n) is 12.9. The van der Waals surface area contributed by atoms with Gasteiger partial charge in [0.15, 0.2) is 5.78 Å². The fourth-order valence-corrected chi connectivity index (χ4v) is 2.31. The summed E-state index contributed by atoms with van der Waals surface area (Å²) in [5.74, 6) is -0.674. The van der Waals surface area contributed by atoms with Crippen LogP contribution in [0.2, 0.25) is 0 Å². The Morgan fingerprint density at radius 3 is 2.24 bits per heavy atom. The van der Waals surface area contributed by atoms with Crippen molar-refractivity contribution in [2.75, 3.05) is 0 Å². The van der Waals surface area contributed by atoms with Crippen molar-refractivity contribution in [1.82, 2.24) is 5.32 Å². The molecule has 1 atom stereocenters. The number of rotatable bonds is 5. The van der Waals surface area contributed by atoms with Crippen molar-refractivity contribution in [3.8, 4) is 0 Å². The largest absolute Gasteiger partial charge is 0.481 e. The van der Waals surface area contributed by atoms with E-state index in [-0.39, 0.29) is 5.78 Å². The summed E-state index contributed by atoms with van der Waals surface area (Å²) in [4.78, 5) is 35.0. The van der Waals surface area contributed by atoms with Crippen LogP contribution in [0.3, 0.4) is 0 Å². The normalized spacial score (nSPS) is 17.9. The molecule has 1 saturated carbocycles. The van der Waals surface area contributed by atoms with Gasteiger partial charge in [0.2, 0.25) is 0 Å². The second-order valence-electron chi connectivity index (χ2n) is 6.33. The van der Waals surface area contributed by atoms with Crippen LogP contribution < -0.4 is 5.32 Å². The number of aliphatic carboxylic acids is 1. The van der Waals surface area contributed by atoms with Crippen LogP contribution in [-0.4, -0.2) is 34.6 Å². The molecule has 1 aliphatic carbocycles. The molecule has 21 heavy (non-hydrogen) atoms. The quantitative estimate of drug-likeness (QED) is 0.813. The standard InChI is InChI=1S/C15H24NO5/c1-15(2,3)21-14(20)16-11(9-12(17)18)13(19)10-7-5-4-6-8-10/h11H,4-9H2,1-3H3,(H,16,20)(H,17,18)/t11-/m0/s1. The van der Waals surface area contributed by atoms with Crippen LogP contribution >= 0.6 is 0 Å². The van der Waals surface area contributed by atoms with Gasteiger partial charge in [-0.15, -0.1) is 0 Å². The fraction of sp³-hybridized carbons (Fsp3) is 0.733. The third-order valence-electron chi connectivity index (χ3n) is 3.19. The van der Waals surface area contributed by atoms with Gasteiger partial charge in [-0.05, 0) is 33.6 Å². The van der Waals surface area contributed by atoms with Crippen LogP contribution in [0.4, 0.5) is 4.79 Å². The van der Waals surface area contributed by atoms with Crippen molar-refractivity contribution < 1.29 is 24.2 Å². The first-order valence-electron chi connectivity index (χ1n) is 7.29. The van der Waals surface area contributed by atoms with Crippen molar-refractivity contribution in [3.05, 3.63) is 5.92 Å². The molecule has 0 aromatic heterocycles. The first-order valence-corrected chi connectivity index (χ1v) is 7.29. The summed E-state index contributed by atoms with van der Waals surface area (Å²) < 4.78 is 5.08. The van der Waals surface area contributed by atoms with Gasteiger partial charge in [0.25, 0.3) is 0 Å². The van der Waals surface area contributed by atoms with Crippen molar-refractivity contribution in [1.29, 1.82) is 0 Å². The summed E-state index contributed by atoms with van der Waals surface area (Å²) in [6, 6.07) is -1.05. The van der Waals surface area contributed by atoms with Gasteiger partial charge in [0, 0.05) is 5.92 Å². The maximum absolute atomic E-state index is 12.4. The summed E-state index contributed by atoms with van der Waals surface area (Å²) in [6.45, 7) is 5.11. The molecule has 1 amide bonds. The highest BCUT2D eigenvalue weighted by molar-refractivity contribution is 6.00. The Labute approximate surface area is 125 Å². The van der Waals surface area contributed by atoms with E-state index in [2.05, 4.69) is 5.32 Å². The van der Waals surface area contributed by atoms with E-state index in [1.54, 1.807) is 20.8 Å². The molecule has 119 valence electrons. The lowest BCUT2D eigenvalue weighted by molar-refractivity contribution is -0.139. The predicted molar refractivity (Wildman–Crippen MR) is 76.7 cm³/mol. The average molecular weight is 298 g/mol. The van der Waals surface area contributed by atoms with Crippen LogP contribution in [0.1, 0.15) is 59.3 Å². The van der Waals surface area contributed by atoms with Crippen LogP contribution in [0.25, 0.3) is 0 Å². The highest BCUT2D eigenvalue weighted by Crippen LogP contribution is 2.27. The van der Waals surface area contributed by atoms with Crippen molar-refractivity contribution >= 4 is 17.8 Å². The van der Waals surface area contributed by atoms with Gasteiger partial charge in [-0.2, -0.15) is 0 Å². The molecule has 6 heteroatoms.